The lowest BCUT2D eigenvalue weighted by Crippen LogP contribution is -2.60. The lowest BCUT2D eigenvalue weighted by Gasteiger charge is -2.43. The van der Waals surface area contributed by atoms with Gasteiger partial charge >= 0.3 is 12.1 Å². The predicted molar refractivity (Wildman–Crippen MR) is 169 cm³/mol. The van der Waals surface area contributed by atoms with Crippen LogP contribution in [0.1, 0.15) is 76.8 Å². The number of unbranched alkanes of at least 4 members (excludes halogenated alkanes) is 2. The highest BCUT2D eigenvalue weighted by atomic mass is 32.2. The zero-order chi connectivity index (χ0) is 32.1. The minimum absolute atomic E-state index is 0.0140. The Kier molecular flexibility index (Phi) is 11.0. The van der Waals surface area contributed by atoms with E-state index < -0.39 is 35.4 Å². The summed E-state index contributed by atoms with van der Waals surface area (Å²) in [7, 11) is 0. The Balaban J connectivity index is 1.60. The van der Waals surface area contributed by atoms with Gasteiger partial charge in [0.25, 0.3) is 0 Å². The summed E-state index contributed by atoms with van der Waals surface area (Å²) in [5.41, 5.74) is 3.50. The molecule has 2 N–H and O–H groups in total. The summed E-state index contributed by atoms with van der Waals surface area (Å²) in [6.07, 6.45) is 7.09. The third-order valence-electron chi connectivity index (χ3n) is 8.37. The Morgan fingerprint density at radius 3 is 2.66 bits per heavy atom. The van der Waals surface area contributed by atoms with E-state index in [0.717, 1.165) is 43.2 Å². The smallest absolute Gasteiger partial charge is 0.507 e. The Labute approximate surface area is 263 Å². The van der Waals surface area contributed by atoms with Gasteiger partial charge in [0.2, 0.25) is 5.91 Å². The van der Waals surface area contributed by atoms with E-state index in [1.807, 2.05) is 13.8 Å². The number of carbonyl (C=O) groups is 3. The number of hydrogen-bond acceptors (Lipinski definition) is 9. The van der Waals surface area contributed by atoms with Crippen molar-refractivity contribution in [2.24, 2.45) is 11.8 Å². The molecule has 2 heterocycles. The van der Waals surface area contributed by atoms with Gasteiger partial charge in [-0.3, -0.25) is 9.69 Å². The number of nitrogens with zero attached hydrogens (tertiary/aromatic N) is 1. The maximum atomic E-state index is 13.2. The molecule has 1 aliphatic carbocycles. The highest BCUT2D eigenvalue weighted by Gasteiger charge is 2.58. The van der Waals surface area contributed by atoms with Crippen LogP contribution in [0.15, 0.2) is 59.2 Å². The molecule has 4 rings (SSSR count). The Hall–Kier alpha value is -3.50. The van der Waals surface area contributed by atoms with E-state index in [0.29, 0.717) is 16.9 Å². The Bertz CT molecular complexity index is 1380. The normalized spacial score (nSPS) is 23.3. The van der Waals surface area contributed by atoms with Gasteiger partial charge in [0.05, 0.1) is 16.9 Å². The van der Waals surface area contributed by atoms with E-state index in [9.17, 15) is 24.6 Å². The lowest BCUT2D eigenvalue weighted by molar-refractivity contribution is -0.158. The summed E-state index contributed by atoms with van der Waals surface area (Å²) >= 11 is 1.17. The van der Waals surface area contributed by atoms with Crippen molar-refractivity contribution in [1.29, 1.82) is 0 Å². The van der Waals surface area contributed by atoms with E-state index in [4.69, 9.17) is 14.2 Å². The van der Waals surface area contributed by atoms with Gasteiger partial charge in [-0.25, -0.2) is 9.59 Å². The van der Waals surface area contributed by atoms with Crippen LogP contribution < -0.4 is 4.74 Å². The van der Waals surface area contributed by atoms with Crippen molar-refractivity contribution in [3.63, 3.8) is 0 Å². The molecule has 1 aromatic rings. The van der Waals surface area contributed by atoms with Gasteiger partial charge in [0.15, 0.2) is 0 Å². The molecule has 1 aromatic carbocycles. The van der Waals surface area contributed by atoms with E-state index in [2.05, 4.69) is 26.2 Å². The number of aliphatic hydroxyl groups excluding tert-OH is 1. The monoisotopic (exact) mass is 625 g/mol. The highest BCUT2D eigenvalue weighted by molar-refractivity contribution is 8.04. The van der Waals surface area contributed by atoms with Crippen molar-refractivity contribution in [2.45, 2.75) is 83.6 Å². The number of fused-ring (bicyclic) bond motifs is 1. The number of aryl methyl sites for hydroxylation is 1. The minimum atomic E-state index is -1.01. The lowest BCUT2D eigenvalue weighted by atomic mass is 9.73. The van der Waals surface area contributed by atoms with Crippen molar-refractivity contribution in [3.8, 4) is 11.5 Å². The number of aliphatic hydroxyl groups is 1. The summed E-state index contributed by atoms with van der Waals surface area (Å²) in [6, 6.07) is 3.54. The van der Waals surface area contributed by atoms with E-state index in [1.165, 1.54) is 35.2 Å². The second-order valence-electron chi connectivity index (χ2n) is 11.8. The molecule has 0 spiro atoms. The van der Waals surface area contributed by atoms with Crippen molar-refractivity contribution < 1.29 is 38.8 Å². The number of ether oxygens (including phenoxy) is 3. The number of aromatic hydroxyl groups is 1. The van der Waals surface area contributed by atoms with E-state index in [1.54, 1.807) is 12.1 Å². The predicted octanol–water partition coefficient (Wildman–Crippen LogP) is 6.51. The zero-order valence-electron chi connectivity index (χ0n) is 26.0. The summed E-state index contributed by atoms with van der Waals surface area (Å²) in [6.45, 7) is 15.0. The first-order valence-electron chi connectivity index (χ1n) is 15.2. The van der Waals surface area contributed by atoms with Crippen LogP contribution >= 0.6 is 11.8 Å². The molecule has 0 aromatic heterocycles. The SMILES string of the molecule is C=CCOC(=O)C1=C(COC(=O)Oc2cc(CCCCC)cc(O)c2[C@@H]2C=C(C)CC[C@H]2C(=C)C)S[C@@H]2[C@@H]([C@@H](C)O)C(=O)N12. The number of phenolic OH excluding ortho intramolecular Hbond substituents is 1. The van der Waals surface area contributed by atoms with Crippen LogP contribution in [-0.4, -0.2) is 57.8 Å². The average molecular weight is 626 g/mol. The molecule has 238 valence electrons. The van der Waals surface area contributed by atoms with Crippen LogP contribution in [-0.2, 0) is 25.5 Å². The quantitative estimate of drug-likeness (QED) is 0.0830. The van der Waals surface area contributed by atoms with Gasteiger partial charge in [-0.2, -0.15) is 0 Å². The maximum absolute atomic E-state index is 13.2. The fraction of sp³-hybridized carbons (Fsp3) is 0.500. The molecule has 0 saturated carbocycles. The molecule has 3 aliphatic rings. The molecule has 9 nitrogen and oxygen atoms in total. The number of esters is 1. The Morgan fingerprint density at radius 1 is 1.25 bits per heavy atom. The fourth-order valence-corrected chi connectivity index (χ4v) is 7.63. The summed E-state index contributed by atoms with van der Waals surface area (Å²) in [5.74, 6) is -1.75. The number of thioether (sulfide) groups is 1. The molecule has 44 heavy (non-hydrogen) atoms. The number of rotatable bonds is 13. The number of phenols is 1. The summed E-state index contributed by atoms with van der Waals surface area (Å²) in [5, 5.41) is 20.9. The second-order valence-corrected chi connectivity index (χ2v) is 13.0. The first-order chi connectivity index (χ1) is 21.0. The van der Waals surface area contributed by atoms with Crippen LogP contribution in [0.4, 0.5) is 4.79 Å². The molecule has 10 heteroatoms. The molecule has 1 fully saturated rings. The summed E-state index contributed by atoms with van der Waals surface area (Å²) in [4.78, 5) is 40.4. The van der Waals surface area contributed by atoms with E-state index in [-0.39, 0.29) is 42.2 Å². The first-order valence-corrected chi connectivity index (χ1v) is 16.1. The van der Waals surface area contributed by atoms with Crippen LogP contribution in [0, 0.1) is 11.8 Å². The number of β-lactam (4-membered cyclic amide) rings is 1. The van der Waals surface area contributed by atoms with Gasteiger partial charge in [-0.15, -0.1) is 0 Å². The molecular formula is C34H43NO8S. The molecular weight excluding hydrogens is 582 g/mol. The molecule has 1 saturated heterocycles. The van der Waals surface area contributed by atoms with Gasteiger partial charge in [0.1, 0.15) is 35.8 Å². The van der Waals surface area contributed by atoms with Crippen molar-refractivity contribution >= 4 is 29.8 Å². The number of allylic oxidation sites excluding steroid dienone is 3. The van der Waals surface area contributed by atoms with Gasteiger partial charge in [-0.05, 0) is 70.1 Å². The highest BCUT2D eigenvalue weighted by Crippen LogP contribution is 2.51. The molecule has 1 amide bonds. The number of hydrogen-bond donors (Lipinski definition) is 2. The van der Waals surface area contributed by atoms with Crippen molar-refractivity contribution in [1.82, 2.24) is 4.90 Å². The average Bonchev–Trinajstić information content (AvgIpc) is 3.28. The minimum Gasteiger partial charge on any atom is -0.507 e. The fourth-order valence-electron chi connectivity index (χ4n) is 6.11. The van der Waals surface area contributed by atoms with Gasteiger partial charge in [0, 0.05) is 11.5 Å². The molecule has 0 unspecified atom stereocenters. The number of amides is 1. The van der Waals surface area contributed by atoms with Gasteiger partial charge < -0.3 is 24.4 Å². The van der Waals surface area contributed by atoms with Crippen LogP contribution in [0.5, 0.6) is 11.5 Å². The number of carbonyl (C=O) groups excluding carboxylic acids is 3. The molecule has 0 bridgehead atoms. The van der Waals surface area contributed by atoms with Gasteiger partial charge in [-0.1, -0.05) is 68.0 Å². The molecule has 0 radical (unpaired) electrons. The molecule has 2 aliphatic heterocycles. The third-order valence-corrected chi connectivity index (χ3v) is 9.72. The van der Waals surface area contributed by atoms with Crippen LogP contribution in [0.3, 0.4) is 0 Å². The van der Waals surface area contributed by atoms with Crippen molar-refractivity contribution in [3.05, 3.63) is 70.3 Å². The molecule has 5 atom stereocenters. The standard InChI is InChI=1S/C34H43NO8S/c1-7-9-10-11-22-16-25(37)29(24-15-20(5)12-13-23(24)19(3)4)26(17-22)43-34(40)42-18-27-30(33(39)41-14-8-2)35-31(38)28(21(6)36)32(35)44-27/h8,15-17,21,23-24,28,32,36-37H,2-3,7,9-14,18H2,1,4-6H3/t21-,23+,24-,28+,32-/m1/s1. The second kappa shape index (κ2) is 14.5. The van der Waals surface area contributed by atoms with Crippen molar-refractivity contribution in [2.75, 3.05) is 13.2 Å². The first kappa shape index (κ1) is 33.4. The maximum Gasteiger partial charge on any atom is 0.514 e. The topological polar surface area (TPSA) is 123 Å². The van der Waals surface area contributed by atoms with Crippen LogP contribution in [0.2, 0.25) is 0 Å². The zero-order valence-corrected chi connectivity index (χ0v) is 26.8. The largest absolute Gasteiger partial charge is 0.514 e. The third kappa shape index (κ3) is 7.07. The number of benzene rings is 1. The summed E-state index contributed by atoms with van der Waals surface area (Å²) < 4.78 is 16.5. The van der Waals surface area contributed by atoms with E-state index >= 15 is 0 Å². The Morgan fingerprint density at radius 2 is 2.00 bits per heavy atom. The van der Waals surface area contributed by atoms with Crippen LogP contribution in [0.25, 0.3) is 0 Å².